The second-order valence-electron chi connectivity index (χ2n) is 0.946. The van der Waals surface area contributed by atoms with Gasteiger partial charge in [-0.25, -0.2) is 9.13 Å². The second kappa shape index (κ2) is 4.70. The van der Waals surface area contributed by atoms with Crippen molar-refractivity contribution in [1.29, 1.82) is 0 Å². The first-order valence-corrected chi connectivity index (χ1v) is 6.54. The number of halogens is 2. The Hall–Kier alpha value is 0.880. The van der Waals surface area contributed by atoms with Crippen molar-refractivity contribution in [1.82, 2.24) is 0 Å². The summed E-state index contributed by atoms with van der Waals surface area (Å²) in [6, 6.07) is 0. The SMILES string of the molecule is O=P(O)(O)Cl.O=P(O)(O)Cl. The van der Waals surface area contributed by atoms with Crippen LogP contribution in [0.2, 0.25) is 0 Å². The third kappa shape index (κ3) is 712. The molecule has 0 saturated carbocycles. The first-order chi connectivity index (χ1) is 4.00. The Morgan fingerprint density at radius 1 is 0.800 bits per heavy atom. The van der Waals surface area contributed by atoms with E-state index in [1.807, 2.05) is 0 Å². The molecule has 10 heavy (non-hydrogen) atoms. The fourth-order valence-electron chi connectivity index (χ4n) is 0. The molecule has 64 valence electrons. The van der Waals surface area contributed by atoms with Crippen molar-refractivity contribution in [3.63, 3.8) is 0 Å². The molecule has 0 aromatic rings. The lowest BCUT2D eigenvalue weighted by atomic mass is 15.8. The third-order valence-electron chi connectivity index (χ3n) is 0. The molecular weight excluding hydrogens is 229 g/mol. The van der Waals surface area contributed by atoms with Crippen LogP contribution < -0.4 is 0 Å². The summed E-state index contributed by atoms with van der Waals surface area (Å²) in [5.74, 6) is 0. The zero-order valence-electron chi connectivity index (χ0n) is 4.26. The molecule has 0 aromatic carbocycles. The topological polar surface area (TPSA) is 115 Å². The highest BCUT2D eigenvalue weighted by atomic mass is 35.7. The van der Waals surface area contributed by atoms with E-state index in [4.69, 9.17) is 28.7 Å². The molecule has 0 aliphatic carbocycles. The molecule has 4 N–H and O–H groups in total. The molecule has 6 nitrogen and oxygen atoms in total. The Kier molecular flexibility index (Phi) is 6.33. The van der Waals surface area contributed by atoms with E-state index in [0.29, 0.717) is 0 Å². The van der Waals surface area contributed by atoms with Gasteiger partial charge in [0, 0.05) is 22.5 Å². The fourth-order valence-corrected chi connectivity index (χ4v) is 0. The molecule has 10 heteroatoms. The second-order valence-corrected chi connectivity index (χ2v) is 5.48. The summed E-state index contributed by atoms with van der Waals surface area (Å²) < 4.78 is 18.2. The number of rotatable bonds is 0. The third-order valence-corrected chi connectivity index (χ3v) is 0. The van der Waals surface area contributed by atoms with Crippen molar-refractivity contribution in [2.45, 2.75) is 0 Å². The maximum absolute atomic E-state index is 9.09. The fraction of sp³-hybridized carbons (Fsp3) is 0. The highest BCUT2D eigenvalue weighted by Gasteiger charge is 2.01. The van der Waals surface area contributed by atoms with Crippen molar-refractivity contribution in [3.05, 3.63) is 0 Å². The van der Waals surface area contributed by atoms with Gasteiger partial charge in [-0.2, -0.15) is 0 Å². The molecule has 0 bridgehead atoms. The van der Waals surface area contributed by atoms with Crippen LogP contribution in [0, 0.1) is 0 Å². The van der Waals surface area contributed by atoms with Crippen molar-refractivity contribution in [3.8, 4) is 0 Å². The molecule has 0 heterocycles. The predicted molar refractivity (Wildman–Crippen MR) is 35.8 cm³/mol. The van der Waals surface area contributed by atoms with Gasteiger partial charge in [0.15, 0.2) is 0 Å². The Morgan fingerprint density at radius 2 is 0.800 bits per heavy atom. The Bertz CT molecular complexity index is 126. The molecule has 0 spiro atoms. The largest absolute Gasteiger partial charge is 0.419 e. The average Bonchev–Trinajstić information content (AvgIpc) is 1.12. The molecule has 0 rings (SSSR count). The van der Waals surface area contributed by atoms with Crippen molar-refractivity contribution in [2.75, 3.05) is 0 Å². The quantitative estimate of drug-likeness (QED) is 0.456. The van der Waals surface area contributed by atoms with Gasteiger partial charge in [0.1, 0.15) is 0 Å². The van der Waals surface area contributed by atoms with Crippen LogP contribution >= 0.6 is 36.4 Å². The van der Waals surface area contributed by atoms with E-state index < -0.39 is 13.9 Å². The standard InChI is InChI=1S/2ClH2O3P/c2*1-5(2,3)4/h2*(H2,2,3,4). The summed E-state index contributed by atoms with van der Waals surface area (Å²) in [5.41, 5.74) is 0. The minimum atomic E-state index is -4.17. The van der Waals surface area contributed by atoms with Crippen LogP contribution in [0.25, 0.3) is 0 Å². The van der Waals surface area contributed by atoms with Gasteiger partial charge in [-0.05, 0) is 0 Å². The van der Waals surface area contributed by atoms with Gasteiger partial charge in [0.05, 0.1) is 0 Å². The maximum Gasteiger partial charge on any atom is 0.419 e. The van der Waals surface area contributed by atoms with Crippen molar-refractivity contribution in [2.24, 2.45) is 0 Å². The Balaban J connectivity index is 0. The van der Waals surface area contributed by atoms with Crippen molar-refractivity contribution < 1.29 is 28.7 Å². The highest BCUT2D eigenvalue weighted by molar-refractivity contribution is 7.80. The smallest absolute Gasteiger partial charge is 0.313 e. The molecule has 0 radical (unpaired) electrons. The number of hydrogen-bond donors (Lipinski definition) is 4. The first-order valence-electron chi connectivity index (χ1n) is 1.50. The maximum atomic E-state index is 9.09. The van der Waals surface area contributed by atoms with Gasteiger partial charge < -0.3 is 19.6 Å². The van der Waals surface area contributed by atoms with E-state index in [9.17, 15) is 0 Å². The lowest BCUT2D eigenvalue weighted by Gasteiger charge is -1.80. The molecule has 0 atom stereocenters. The van der Waals surface area contributed by atoms with Gasteiger partial charge in [0.2, 0.25) is 0 Å². The van der Waals surface area contributed by atoms with Gasteiger partial charge in [0.25, 0.3) is 0 Å². The zero-order chi connectivity index (χ0) is 9.00. The molecular formula is H4Cl2O6P2. The van der Waals surface area contributed by atoms with Crippen LogP contribution in [0.4, 0.5) is 0 Å². The van der Waals surface area contributed by atoms with Crippen LogP contribution in [0.5, 0.6) is 0 Å². The summed E-state index contributed by atoms with van der Waals surface area (Å²) in [7, 11) is 0. The zero-order valence-corrected chi connectivity index (χ0v) is 7.56. The average molecular weight is 233 g/mol. The normalized spacial score (nSPS) is 11.8. The van der Waals surface area contributed by atoms with Gasteiger partial charge in [-0.1, -0.05) is 0 Å². The van der Waals surface area contributed by atoms with Crippen molar-refractivity contribution >= 4 is 36.4 Å². The highest BCUT2D eigenvalue weighted by Crippen LogP contribution is 2.40. The predicted octanol–water partition coefficient (Wildman–Crippen LogP) is 0.636. The van der Waals surface area contributed by atoms with E-state index in [-0.39, 0.29) is 0 Å². The van der Waals surface area contributed by atoms with E-state index in [2.05, 4.69) is 22.5 Å². The van der Waals surface area contributed by atoms with Crippen LogP contribution in [-0.2, 0) is 9.13 Å². The van der Waals surface area contributed by atoms with Gasteiger partial charge >= 0.3 is 13.9 Å². The van der Waals surface area contributed by atoms with Gasteiger partial charge in [-0.3, -0.25) is 0 Å². The minimum Gasteiger partial charge on any atom is -0.313 e. The van der Waals surface area contributed by atoms with Crippen LogP contribution in [-0.4, -0.2) is 19.6 Å². The van der Waals surface area contributed by atoms with E-state index in [1.54, 1.807) is 0 Å². The van der Waals surface area contributed by atoms with E-state index >= 15 is 0 Å². The van der Waals surface area contributed by atoms with E-state index in [1.165, 1.54) is 0 Å². The summed E-state index contributed by atoms with van der Waals surface area (Å²) in [6.45, 7) is -8.33. The molecule has 0 amide bonds. The van der Waals surface area contributed by atoms with Crippen LogP contribution in [0.1, 0.15) is 0 Å². The minimum absolute atomic E-state index is 4.17. The van der Waals surface area contributed by atoms with Crippen LogP contribution in [0.15, 0.2) is 0 Å². The summed E-state index contributed by atoms with van der Waals surface area (Å²) in [5, 5.41) is 0. The lowest BCUT2D eigenvalue weighted by Crippen LogP contribution is -1.54. The number of hydrogen-bond acceptors (Lipinski definition) is 2. The first kappa shape index (κ1) is 13.5. The molecule has 0 fully saturated rings. The molecule has 0 saturated heterocycles. The van der Waals surface area contributed by atoms with E-state index in [0.717, 1.165) is 0 Å². The Morgan fingerprint density at radius 3 is 0.800 bits per heavy atom. The molecule has 0 unspecified atom stereocenters. The van der Waals surface area contributed by atoms with Crippen LogP contribution in [0.3, 0.4) is 0 Å². The molecule has 0 aromatic heterocycles. The monoisotopic (exact) mass is 232 g/mol. The molecule has 0 aliphatic heterocycles. The van der Waals surface area contributed by atoms with Gasteiger partial charge in [-0.15, -0.1) is 0 Å². The summed E-state index contributed by atoms with van der Waals surface area (Å²) in [4.78, 5) is 29.6. The summed E-state index contributed by atoms with van der Waals surface area (Å²) in [6.07, 6.45) is 0. The summed E-state index contributed by atoms with van der Waals surface area (Å²) >= 11 is 8.39. The molecule has 0 aliphatic rings. The lowest BCUT2D eigenvalue weighted by molar-refractivity contribution is 0.393. The Labute approximate surface area is 65.7 Å².